The molecule has 4 rings (SSSR count). The summed E-state index contributed by atoms with van der Waals surface area (Å²) in [5, 5.41) is 4.50. The number of anilines is 1. The smallest absolute Gasteiger partial charge is 0.265 e. The van der Waals surface area contributed by atoms with Gasteiger partial charge in [-0.1, -0.05) is 54.6 Å². The van der Waals surface area contributed by atoms with Gasteiger partial charge in [-0.2, -0.15) is 0 Å². The average Bonchev–Trinajstić information content (AvgIpc) is 3.07. The van der Waals surface area contributed by atoms with Gasteiger partial charge in [-0.3, -0.25) is 13.9 Å². The summed E-state index contributed by atoms with van der Waals surface area (Å²) in [7, 11) is -3.66. The van der Waals surface area contributed by atoms with E-state index < -0.39 is 16.1 Å². The lowest BCUT2D eigenvalue weighted by atomic mass is 10.1. The van der Waals surface area contributed by atoms with Crippen LogP contribution in [0, 0.1) is 0 Å². The van der Waals surface area contributed by atoms with E-state index in [0.29, 0.717) is 30.0 Å². The van der Waals surface area contributed by atoms with Crippen molar-refractivity contribution in [2.24, 2.45) is 0 Å². The van der Waals surface area contributed by atoms with Crippen LogP contribution in [0.2, 0.25) is 0 Å². The molecule has 2 amide bonds. The normalized spacial score (nSPS) is 14.7. The molecular formula is C28H33N3O4S. The van der Waals surface area contributed by atoms with Crippen molar-refractivity contribution >= 4 is 38.3 Å². The van der Waals surface area contributed by atoms with Gasteiger partial charge in [0.05, 0.1) is 10.6 Å². The fraction of sp³-hybridized carbons (Fsp3) is 0.357. The summed E-state index contributed by atoms with van der Waals surface area (Å²) in [6.07, 6.45) is 1.12. The number of rotatable bonds is 10. The van der Waals surface area contributed by atoms with Gasteiger partial charge in [-0.05, 0) is 56.7 Å². The summed E-state index contributed by atoms with van der Waals surface area (Å²) in [6, 6.07) is 20.0. The largest absolute Gasteiger partial charge is 0.352 e. The van der Waals surface area contributed by atoms with Crippen LogP contribution in [0.3, 0.4) is 0 Å². The van der Waals surface area contributed by atoms with Crippen LogP contribution in [0.5, 0.6) is 0 Å². The standard InChI is InChI=1S/C28H33N3O4S/c1-20(2)29-28(33)21(3)30(19-17-22-10-5-4-6-11-22)26(32)16-9-18-31-24-14-7-12-23-13-8-15-25(27(23)24)36(31,34)35/h4-8,10-15,20-21H,9,16-19H2,1-3H3,(H,29,33)/t21-/m1/s1. The van der Waals surface area contributed by atoms with Crippen molar-refractivity contribution in [1.29, 1.82) is 0 Å². The van der Waals surface area contributed by atoms with Crippen molar-refractivity contribution in [1.82, 2.24) is 10.2 Å². The maximum absolute atomic E-state index is 13.3. The first-order valence-electron chi connectivity index (χ1n) is 12.4. The Labute approximate surface area is 213 Å². The van der Waals surface area contributed by atoms with Crippen LogP contribution in [-0.4, -0.2) is 50.3 Å². The molecule has 1 aliphatic rings. The Hall–Kier alpha value is -3.39. The van der Waals surface area contributed by atoms with Crippen LogP contribution in [0.1, 0.15) is 39.2 Å². The molecule has 0 saturated heterocycles. The van der Waals surface area contributed by atoms with Crippen LogP contribution in [0.25, 0.3) is 10.8 Å². The molecule has 0 spiro atoms. The minimum Gasteiger partial charge on any atom is -0.352 e. The molecule has 190 valence electrons. The molecule has 0 unspecified atom stereocenters. The highest BCUT2D eigenvalue weighted by Gasteiger charge is 2.35. The molecule has 0 aliphatic carbocycles. The van der Waals surface area contributed by atoms with Crippen molar-refractivity contribution < 1.29 is 18.0 Å². The van der Waals surface area contributed by atoms with Crippen LogP contribution >= 0.6 is 0 Å². The fourth-order valence-electron chi connectivity index (χ4n) is 4.69. The number of carbonyl (C=O) groups is 2. The molecule has 0 aromatic heterocycles. The Morgan fingerprint density at radius 2 is 1.64 bits per heavy atom. The number of nitrogens with zero attached hydrogens (tertiary/aromatic N) is 2. The second kappa shape index (κ2) is 10.7. The molecule has 0 bridgehead atoms. The Morgan fingerprint density at radius 1 is 0.944 bits per heavy atom. The molecule has 1 aliphatic heterocycles. The number of amides is 2. The fourth-order valence-corrected chi connectivity index (χ4v) is 6.44. The van der Waals surface area contributed by atoms with Gasteiger partial charge in [0.1, 0.15) is 6.04 Å². The molecule has 7 nitrogen and oxygen atoms in total. The number of benzene rings is 3. The molecule has 3 aromatic carbocycles. The van der Waals surface area contributed by atoms with Crippen molar-refractivity contribution in [3.05, 3.63) is 72.3 Å². The number of hydrogen-bond acceptors (Lipinski definition) is 4. The first-order chi connectivity index (χ1) is 17.2. The number of hydrogen-bond donors (Lipinski definition) is 1. The summed E-state index contributed by atoms with van der Waals surface area (Å²) in [6.45, 7) is 6.11. The van der Waals surface area contributed by atoms with Gasteiger partial charge in [0.15, 0.2) is 0 Å². The Bertz CT molecular complexity index is 1350. The van der Waals surface area contributed by atoms with E-state index in [1.54, 1.807) is 24.0 Å². The van der Waals surface area contributed by atoms with Crippen LogP contribution in [-0.2, 0) is 26.0 Å². The van der Waals surface area contributed by atoms with Gasteiger partial charge < -0.3 is 10.2 Å². The lowest BCUT2D eigenvalue weighted by Gasteiger charge is -2.29. The van der Waals surface area contributed by atoms with Crippen LogP contribution in [0.4, 0.5) is 5.69 Å². The molecule has 3 aromatic rings. The Morgan fingerprint density at radius 3 is 2.33 bits per heavy atom. The first kappa shape index (κ1) is 25.7. The van der Waals surface area contributed by atoms with E-state index in [9.17, 15) is 18.0 Å². The zero-order chi connectivity index (χ0) is 25.9. The third-order valence-electron chi connectivity index (χ3n) is 6.52. The molecule has 8 heteroatoms. The average molecular weight is 508 g/mol. The minimum absolute atomic E-state index is 0.0317. The number of sulfonamides is 1. The SMILES string of the molecule is CC(C)NC(=O)[C@@H](C)N(CCc1ccccc1)C(=O)CCCN1c2cccc3cccc(c23)S1(=O)=O. The highest BCUT2D eigenvalue weighted by molar-refractivity contribution is 7.93. The molecule has 1 N–H and O–H groups in total. The highest BCUT2D eigenvalue weighted by atomic mass is 32.2. The van der Waals surface area contributed by atoms with Gasteiger partial charge in [-0.25, -0.2) is 8.42 Å². The zero-order valence-electron chi connectivity index (χ0n) is 21.0. The Kier molecular flexibility index (Phi) is 7.64. The molecular weight excluding hydrogens is 474 g/mol. The maximum atomic E-state index is 13.3. The maximum Gasteiger partial charge on any atom is 0.265 e. The number of nitrogens with one attached hydrogen (secondary N) is 1. The lowest BCUT2D eigenvalue weighted by Crippen LogP contribution is -2.50. The summed E-state index contributed by atoms with van der Waals surface area (Å²) in [4.78, 5) is 28.0. The third kappa shape index (κ3) is 5.23. The minimum atomic E-state index is -3.66. The summed E-state index contributed by atoms with van der Waals surface area (Å²) < 4.78 is 27.8. The monoisotopic (exact) mass is 507 g/mol. The second-order valence-electron chi connectivity index (χ2n) is 9.47. The van der Waals surface area contributed by atoms with Gasteiger partial charge in [0, 0.05) is 30.9 Å². The van der Waals surface area contributed by atoms with E-state index in [0.717, 1.165) is 16.3 Å². The number of carbonyl (C=O) groups excluding carboxylic acids is 2. The molecule has 1 atom stereocenters. The van der Waals surface area contributed by atoms with E-state index in [1.807, 2.05) is 68.4 Å². The van der Waals surface area contributed by atoms with Crippen molar-refractivity contribution in [2.45, 2.75) is 57.0 Å². The van der Waals surface area contributed by atoms with Crippen molar-refractivity contribution in [3.63, 3.8) is 0 Å². The summed E-state index contributed by atoms with van der Waals surface area (Å²) in [5.74, 6) is -0.361. The van der Waals surface area contributed by atoms with Crippen LogP contribution < -0.4 is 9.62 Å². The van der Waals surface area contributed by atoms with E-state index >= 15 is 0 Å². The first-order valence-corrected chi connectivity index (χ1v) is 13.8. The molecule has 1 heterocycles. The second-order valence-corrected chi connectivity index (χ2v) is 11.3. The molecule has 0 saturated carbocycles. The van der Waals surface area contributed by atoms with Gasteiger partial charge in [-0.15, -0.1) is 0 Å². The van der Waals surface area contributed by atoms with Crippen molar-refractivity contribution in [3.8, 4) is 0 Å². The van der Waals surface area contributed by atoms with Gasteiger partial charge >= 0.3 is 0 Å². The predicted molar refractivity (Wildman–Crippen MR) is 142 cm³/mol. The van der Waals surface area contributed by atoms with E-state index in [1.165, 1.54) is 4.31 Å². The predicted octanol–water partition coefficient (Wildman–Crippen LogP) is 4.11. The lowest BCUT2D eigenvalue weighted by molar-refractivity contribution is -0.140. The topological polar surface area (TPSA) is 86.8 Å². The summed E-state index contributed by atoms with van der Waals surface area (Å²) >= 11 is 0. The molecule has 0 fully saturated rings. The van der Waals surface area contributed by atoms with E-state index in [2.05, 4.69) is 5.32 Å². The van der Waals surface area contributed by atoms with Crippen LogP contribution in [0.15, 0.2) is 71.6 Å². The highest BCUT2D eigenvalue weighted by Crippen LogP contribution is 2.42. The quantitative estimate of drug-likeness (QED) is 0.447. The van der Waals surface area contributed by atoms with Gasteiger partial charge in [0.2, 0.25) is 11.8 Å². The Balaban J connectivity index is 1.46. The summed E-state index contributed by atoms with van der Waals surface area (Å²) in [5.41, 5.74) is 1.74. The third-order valence-corrected chi connectivity index (χ3v) is 8.37. The zero-order valence-corrected chi connectivity index (χ0v) is 21.8. The molecule has 36 heavy (non-hydrogen) atoms. The molecule has 0 radical (unpaired) electrons. The van der Waals surface area contributed by atoms with E-state index in [-0.39, 0.29) is 30.8 Å². The van der Waals surface area contributed by atoms with E-state index in [4.69, 9.17) is 0 Å². The van der Waals surface area contributed by atoms with Crippen molar-refractivity contribution in [2.75, 3.05) is 17.4 Å². The van der Waals surface area contributed by atoms with Gasteiger partial charge in [0.25, 0.3) is 10.0 Å².